The lowest BCUT2D eigenvalue weighted by molar-refractivity contribution is -0.154. The molecule has 0 aliphatic carbocycles. The van der Waals surface area contributed by atoms with Gasteiger partial charge in [-0.1, -0.05) is 40.8 Å². The molecule has 4 atom stereocenters. The van der Waals surface area contributed by atoms with Crippen LogP contribution in [0.25, 0.3) is 0 Å². The molecule has 0 radical (unpaired) electrons. The number of rotatable bonds is 10. The molecule has 200 valence electrons. The second-order valence-electron chi connectivity index (χ2n) is 8.61. The van der Waals surface area contributed by atoms with Crippen LogP contribution in [0.3, 0.4) is 0 Å². The SMILES string of the molecule is CC(=O)Nc1nc([C@H]2CCCN2C(=O)[C@H](O)[C@@H](O)C(=O)N[C@H](C)c2ccc(N(N)/C=C\CI)cc2)cs1. The number of hydrazine groups is 1. The van der Waals surface area contributed by atoms with Crippen molar-refractivity contribution in [3.05, 3.63) is 53.2 Å². The van der Waals surface area contributed by atoms with Gasteiger partial charge in [0, 0.05) is 29.5 Å². The number of alkyl halides is 1. The van der Waals surface area contributed by atoms with Gasteiger partial charge >= 0.3 is 0 Å². The Morgan fingerprint density at radius 3 is 2.65 bits per heavy atom. The number of hydrogen-bond acceptors (Lipinski definition) is 9. The van der Waals surface area contributed by atoms with Crippen LogP contribution < -0.4 is 21.5 Å². The molecule has 2 heterocycles. The lowest BCUT2D eigenvalue weighted by Gasteiger charge is -2.28. The highest BCUT2D eigenvalue weighted by Crippen LogP contribution is 2.34. The second-order valence-corrected chi connectivity index (χ2v) is 10.3. The Morgan fingerprint density at radius 2 is 2.00 bits per heavy atom. The van der Waals surface area contributed by atoms with Crippen LogP contribution in [-0.4, -0.2) is 61.0 Å². The lowest BCUT2D eigenvalue weighted by Crippen LogP contribution is -2.51. The topological polar surface area (TPSA) is 161 Å². The van der Waals surface area contributed by atoms with E-state index in [1.807, 2.05) is 6.08 Å². The number of anilines is 2. The molecule has 13 heteroatoms. The van der Waals surface area contributed by atoms with Gasteiger partial charge in [0.25, 0.3) is 11.8 Å². The Hall–Kier alpha value is -2.59. The molecule has 1 aromatic carbocycles. The van der Waals surface area contributed by atoms with Crippen LogP contribution in [0, 0.1) is 0 Å². The van der Waals surface area contributed by atoms with Crippen molar-refractivity contribution in [2.45, 2.75) is 51.0 Å². The lowest BCUT2D eigenvalue weighted by atomic mass is 10.1. The van der Waals surface area contributed by atoms with E-state index in [2.05, 4.69) is 38.2 Å². The summed E-state index contributed by atoms with van der Waals surface area (Å²) in [6, 6.07) is 6.29. The van der Waals surface area contributed by atoms with E-state index in [9.17, 15) is 24.6 Å². The van der Waals surface area contributed by atoms with Crippen molar-refractivity contribution in [2.24, 2.45) is 5.84 Å². The van der Waals surface area contributed by atoms with Gasteiger partial charge in [0.1, 0.15) is 0 Å². The molecule has 0 saturated carbocycles. The van der Waals surface area contributed by atoms with E-state index in [4.69, 9.17) is 5.84 Å². The number of hydrogen-bond donors (Lipinski definition) is 5. The van der Waals surface area contributed by atoms with E-state index in [0.717, 1.165) is 15.7 Å². The van der Waals surface area contributed by atoms with Crippen LogP contribution in [0.15, 0.2) is 41.9 Å². The third-order valence-electron chi connectivity index (χ3n) is 5.91. The number of halogens is 1. The number of amides is 3. The Balaban J connectivity index is 1.60. The number of carbonyl (C=O) groups excluding carboxylic acids is 3. The largest absolute Gasteiger partial charge is 0.380 e. The van der Waals surface area contributed by atoms with Crippen molar-refractivity contribution >= 4 is 62.5 Å². The quantitative estimate of drug-likeness (QED) is 0.114. The number of nitrogens with two attached hydrogens (primary N) is 1. The summed E-state index contributed by atoms with van der Waals surface area (Å²) < 4.78 is 0.826. The van der Waals surface area contributed by atoms with Crippen molar-refractivity contribution in [1.29, 1.82) is 0 Å². The third kappa shape index (κ3) is 7.47. The van der Waals surface area contributed by atoms with Gasteiger partial charge in [0.2, 0.25) is 5.91 Å². The normalized spacial score (nSPS) is 17.9. The molecular weight excluding hydrogens is 611 g/mol. The van der Waals surface area contributed by atoms with Gasteiger partial charge in [0.05, 0.1) is 23.5 Å². The molecule has 1 aromatic heterocycles. The highest BCUT2D eigenvalue weighted by atomic mass is 127. The number of nitrogens with one attached hydrogen (secondary N) is 2. The maximum Gasteiger partial charge on any atom is 0.255 e. The van der Waals surface area contributed by atoms with E-state index >= 15 is 0 Å². The van der Waals surface area contributed by atoms with Gasteiger partial charge in [0.15, 0.2) is 17.3 Å². The number of aromatic nitrogens is 1. The fraction of sp³-hybridized carbons (Fsp3) is 0.417. The molecular formula is C24H31IN6O5S. The Morgan fingerprint density at radius 1 is 1.30 bits per heavy atom. The summed E-state index contributed by atoms with van der Waals surface area (Å²) in [5.41, 5.74) is 2.10. The van der Waals surface area contributed by atoms with E-state index in [0.29, 0.717) is 30.2 Å². The summed E-state index contributed by atoms with van der Waals surface area (Å²) >= 11 is 3.45. The summed E-state index contributed by atoms with van der Waals surface area (Å²) in [4.78, 5) is 42.7. The maximum absolute atomic E-state index is 13.0. The van der Waals surface area contributed by atoms with Crippen molar-refractivity contribution in [3.8, 4) is 0 Å². The van der Waals surface area contributed by atoms with Crippen LogP contribution in [0.4, 0.5) is 10.8 Å². The molecule has 11 nitrogen and oxygen atoms in total. The number of likely N-dealkylation sites (tertiary alicyclic amines) is 1. The fourth-order valence-electron chi connectivity index (χ4n) is 3.99. The van der Waals surface area contributed by atoms with Crippen LogP contribution in [0.2, 0.25) is 0 Å². The average molecular weight is 643 g/mol. The predicted octanol–water partition coefficient (Wildman–Crippen LogP) is 1.99. The Labute approximate surface area is 232 Å². The van der Waals surface area contributed by atoms with Crippen molar-refractivity contribution in [2.75, 3.05) is 21.3 Å². The van der Waals surface area contributed by atoms with Crippen LogP contribution >= 0.6 is 33.9 Å². The highest BCUT2D eigenvalue weighted by molar-refractivity contribution is 14.1. The van der Waals surface area contributed by atoms with Crippen LogP contribution in [0.5, 0.6) is 0 Å². The number of thiazole rings is 1. The van der Waals surface area contributed by atoms with Gasteiger partial charge in [-0.15, -0.1) is 11.3 Å². The summed E-state index contributed by atoms with van der Waals surface area (Å²) in [5, 5.41) is 29.9. The van der Waals surface area contributed by atoms with Crippen LogP contribution in [-0.2, 0) is 14.4 Å². The summed E-state index contributed by atoms with van der Waals surface area (Å²) in [5.74, 6) is 4.10. The molecule has 0 unspecified atom stereocenters. The first-order valence-corrected chi connectivity index (χ1v) is 14.1. The zero-order valence-electron chi connectivity index (χ0n) is 20.5. The molecule has 37 heavy (non-hydrogen) atoms. The number of carbonyl (C=O) groups is 3. The van der Waals surface area contributed by atoms with Crippen molar-refractivity contribution < 1.29 is 24.6 Å². The summed E-state index contributed by atoms with van der Waals surface area (Å²) in [7, 11) is 0. The zero-order valence-corrected chi connectivity index (χ0v) is 23.5. The molecule has 1 aliphatic heterocycles. The van der Waals surface area contributed by atoms with Gasteiger partial charge in [-0.25, -0.2) is 10.8 Å². The summed E-state index contributed by atoms with van der Waals surface area (Å²) in [6.45, 7) is 3.47. The van der Waals surface area contributed by atoms with Gasteiger partial charge in [-0.05, 0) is 37.5 Å². The second kappa shape index (κ2) is 13.3. The number of aliphatic hydroxyl groups is 2. The first-order valence-electron chi connectivity index (χ1n) is 11.7. The minimum Gasteiger partial charge on any atom is -0.380 e. The molecule has 0 bridgehead atoms. The predicted molar refractivity (Wildman–Crippen MR) is 150 cm³/mol. The average Bonchev–Trinajstić information content (AvgIpc) is 3.55. The molecule has 3 rings (SSSR count). The molecule has 1 aliphatic rings. The van der Waals surface area contributed by atoms with Gasteiger partial charge in [-0.3, -0.25) is 19.4 Å². The van der Waals surface area contributed by atoms with E-state index in [1.54, 1.807) is 42.8 Å². The summed E-state index contributed by atoms with van der Waals surface area (Å²) in [6.07, 6.45) is 1.08. The van der Waals surface area contributed by atoms with E-state index in [-0.39, 0.29) is 5.91 Å². The number of allylic oxidation sites excluding steroid dienone is 1. The fourth-order valence-corrected chi connectivity index (χ4v) is 5.02. The van der Waals surface area contributed by atoms with Crippen LogP contribution in [0.1, 0.15) is 50.0 Å². The monoisotopic (exact) mass is 642 g/mol. The standard InChI is InChI=1S/C24H31IN6O5S/c1-14(16-6-8-17(9-7-16)31(26)12-4-10-25)27-22(35)20(33)21(34)23(36)30-11-3-5-19(30)18-13-37-24(29-18)28-15(2)32/h4,6-9,12-14,19-21,33-34H,3,5,10-11,26H2,1-2H3,(H,27,35)(H,28,29,32)/b12-4-/t14-,19-,20-,21-/m1/s1. The Kier molecular flexibility index (Phi) is 10.4. The van der Waals surface area contributed by atoms with Gasteiger partial charge < -0.3 is 25.7 Å². The molecule has 1 fully saturated rings. The molecule has 3 amide bonds. The molecule has 2 aromatic rings. The minimum absolute atomic E-state index is 0.250. The minimum atomic E-state index is -1.95. The zero-order chi connectivity index (χ0) is 27.1. The first-order chi connectivity index (χ1) is 17.6. The molecule has 1 saturated heterocycles. The van der Waals surface area contributed by atoms with Crippen molar-refractivity contribution in [3.63, 3.8) is 0 Å². The van der Waals surface area contributed by atoms with Crippen molar-refractivity contribution in [1.82, 2.24) is 15.2 Å². The maximum atomic E-state index is 13.0. The number of nitrogens with zero attached hydrogens (tertiary/aromatic N) is 3. The van der Waals surface area contributed by atoms with Gasteiger partial charge in [-0.2, -0.15) is 0 Å². The smallest absolute Gasteiger partial charge is 0.255 e. The highest BCUT2D eigenvalue weighted by Gasteiger charge is 2.39. The number of benzene rings is 1. The van der Waals surface area contributed by atoms with E-state index in [1.165, 1.54) is 28.2 Å². The number of aliphatic hydroxyl groups excluding tert-OH is 2. The first kappa shape index (κ1) is 29.0. The Bertz CT molecular complexity index is 1130. The van der Waals surface area contributed by atoms with E-state index < -0.39 is 36.1 Å². The molecule has 6 N–H and O–H groups in total. The molecule has 0 spiro atoms. The third-order valence-corrected chi connectivity index (χ3v) is 7.19.